The number of fused-ring (bicyclic) bond motifs is 1. The van der Waals surface area contributed by atoms with Crippen LogP contribution in [0.1, 0.15) is 39.6 Å². The highest BCUT2D eigenvalue weighted by Crippen LogP contribution is 2.57. The van der Waals surface area contributed by atoms with Crippen LogP contribution in [0.25, 0.3) is 0 Å². The van der Waals surface area contributed by atoms with Crippen molar-refractivity contribution in [3.8, 4) is 0 Å². The number of carbonyl (C=O) groups is 2. The Bertz CT molecular complexity index is 530. The molecule has 3 rings (SSSR count). The smallest absolute Gasteiger partial charge is 0.347 e. The van der Waals surface area contributed by atoms with Crippen molar-refractivity contribution in [2.24, 2.45) is 17.8 Å². The molecule has 19 heavy (non-hydrogen) atoms. The highest BCUT2D eigenvalue weighted by molar-refractivity contribution is 7.13. The zero-order valence-electron chi connectivity index (χ0n) is 10.7. The maximum Gasteiger partial charge on any atom is 0.347 e. The predicted octanol–water partition coefficient (Wildman–Crippen LogP) is 1.81. The van der Waals surface area contributed by atoms with Crippen molar-refractivity contribution in [3.05, 3.63) is 15.6 Å². The van der Waals surface area contributed by atoms with Crippen LogP contribution in [0.15, 0.2) is 0 Å². The standard InChI is InChI=1S/C13H16N2O3S/c1-6-11(13(17)18)19-9(15-6)5-14-12(16)10-7-3-2-4-8(7)10/h7-8,10H,2-5H2,1H3,(H,14,16)(H,17,18). The minimum Gasteiger partial charge on any atom is -0.477 e. The Kier molecular flexibility index (Phi) is 3.05. The number of nitrogens with zero attached hydrogens (tertiary/aromatic N) is 1. The van der Waals surface area contributed by atoms with Crippen LogP contribution in [0.2, 0.25) is 0 Å². The number of nitrogens with one attached hydrogen (secondary N) is 1. The molecule has 2 N–H and O–H groups in total. The van der Waals surface area contributed by atoms with Crippen molar-refractivity contribution in [1.29, 1.82) is 0 Å². The van der Waals surface area contributed by atoms with Gasteiger partial charge in [-0.3, -0.25) is 4.79 Å². The lowest BCUT2D eigenvalue weighted by Gasteiger charge is -2.04. The van der Waals surface area contributed by atoms with Gasteiger partial charge in [-0.15, -0.1) is 11.3 Å². The molecule has 5 nitrogen and oxygen atoms in total. The average Bonchev–Trinajstić information content (AvgIpc) is 2.75. The van der Waals surface area contributed by atoms with Gasteiger partial charge in [-0.25, -0.2) is 9.78 Å². The van der Waals surface area contributed by atoms with Crippen LogP contribution in [-0.4, -0.2) is 22.0 Å². The van der Waals surface area contributed by atoms with E-state index in [-0.39, 0.29) is 16.7 Å². The van der Waals surface area contributed by atoms with Crippen molar-refractivity contribution >= 4 is 23.2 Å². The van der Waals surface area contributed by atoms with Crippen LogP contribution in [-0.2, 0) is 11.3 Å². The third-order valence-electron chi connectivity index (χ3n) is 4.16. The van der Waals surface area contributed by atoms with Gasteiger partial charge < -0.3 is 10.4 Å². The molecule has 2 atom stereocenters. The van der Waals surface area contributed by atoms with Crippen molar-refractivity contribution < 1.29 is 14.7 Å². The Morgan fingerprint density at radius 3 is 2.68 bits per heavy atom. The first-order chi connectivity index (χ1) is 9.08. The summed E-state index contributed by atoms with van der Waals surface area (Å²) in [6, 6.07) is 0. The van der Waals surface area contributed by atoms with E-state index in [0.717, 1.165) is 11.3 Å². The Morgan fingerprint density at radius 1 is 1.42 bits per heavy atom. The zero-order valence-corrected chi connectivity index (χ0v) is 11.5. The number of carboxylic acid groups (broad SMARTS) is 1. The molecule has 102 valence electrons. The van der Waals surface area contributed by atoms with Crippen LogP contribution < -0.4 is 5.32 Å². The molecule has 0 aromatic carbocycles. The second-order valence-electron chi connectivity index (χ2n) is 5.33. The fourth-order valence-electron chi connectivity index (χ4n) is 3.22. The highest BCUT2D eigenvalue weighted by Gasteiger charge is 2.56. The average molecular weight is 280 g/mol. The van der Waals surface area contributed by atoms with Crippen LogP contribution in [0.5, 0.6) is 0 Å². The van der Waals surface area contributed by atoms with Gasteiger partial charge in [0.15, 0.2) is 0 Å². The minimum atomic E-state index is -0.954. The summed E-state index contributed by atoms with van der Waals surface area (Å²) >= 11 is 1.14. The minimum absolute atomic E-state index is 0.111. The molecule has 2 saturated carbocycles. The maximum absolute atomic E-state index is 12.0. The molecule has 0 aliphatic heterocycles. The number of rotatable bonds is 4. The molecule has 1 amide bonds. The van der Waals surface area contributed by atoms with E-state index in [1.54, 1.807) is 6.92 Å². The Hall–Kier alpha value is -1.43. The van der Waals surface area contributed by atoms with E-state index >= 15 is 0 Å². The second kappa shape index (κ2) is 4.59. The lowest BCUT2D eigenvalue weighted by atomic mass is 10.1. The van der Waals surface area contributed by atoms with Gasteiger partial charge in [0.05, 0.1) is 12.2 Å². The van der Waals surface area contributed by atoms with E-state index < -0.39 is 5.97 Å². The lowest BCUT2D eigenvalue weighted by Crippen LogP contribution is -2.26. The van der Waals surface area contributed by atoms with Crippen LogP contribution in [0.4, 0.5) is 0 Å². The lowest BCUT2D eigenvalue weighted by molar-refractivity contribution is -0.123. The Balaban J connectivity index is 1.56. The molecule has 1 aromatic rings. The number of aromatic nitrogens is 1. The molecule has 0 bridgehead atoms. The molecular weight excluding hydrogens is 264 g/mol. The molecule has 6 heteroatoms. The van der Waals surface area contributed by atoms with Gasteiger partial charge >= 0.3 is 5.97 Å². The fourth-order valence-corrected chi connectivity index (χ4v) is 4.06. The van der Waals surface area contributed by atoms with Crippen molar-refractivity contribution in [3.63, 3.8) is 0 Å². The van der Waals surface area contributed by atoms with Crippen LogP contribution >= 0.6 is 11.3 Å². The summed E-state index contributed by atoms with van der Waals surface area (Å²) in [4.78, 5) is 27.3. The molecule has 1 heterocycles. The van der Waals surface area contributed by atoms with E-state index in [0.29, 0.717) is 29.1 Å². The molecular formula is C13H16N2O3S. The predicted molar refractivity (Wildman–Crippen MR) is 70.0 cm³/mol. The summed E-state index contributed by atoms with van der Waals surface area (Å²) in [6.07, 6.45) is 3.62. The number of amides is 1. The van der Waals surface area contributed by atoms with Crippen molar-refractivity contribution in [2.45, 2.75) is 32.7 Å². The summed E-state index contributed by atoms with van der Waals surface area (Å²) in [7, 11) is 0. The molecule has 2 aliphatic rings. The van der Waals surface area contributed by atoms with Gasteiger partial charge in [0.1, 0.15) is 9.88 Å². The third kappa shape index (κ3) is 2.25. The normalized spacial score (nSPS) is 27.9. The molecule has 0 radical (unpaired) electrons. The summed E-state index contributed by atoms with van der Waals surface area (Å²) in [6.45, 7) is 2.02. The van der Waals surface area contributed by atoms with E-state index in [1.165, 1.54) is 19.3 Å². The van der Waals surface area contributed by atoms with E-state index in [4.69, 9.17) is 5.11 Å². The van der Waals surface area contributed by atoms with Gasteiger partial charge in [0.25, 0.3) is 0 Å². The Morgan fingerprint density at radius 2 is 2.11 bits per heavy atom. The van der Waals surface area contributed by atoms with E-state index in [1.807, 2.05) is 0 Å². The fraction of sp³-hybridized carbons (Fsp3) is 0.615. The summed E-state index contributed by atoms with van der Waals surface area (Å²) in [5.41, 5.74) is 0.519. The van der Waals surface area contributed by atoms with Gasteiger partial charge in [-0.05, 0) is 31.6 Å². The molecule has 0 spiro atoms. The molecule has 2 aliphatic carbocycles. The number of aromatic carboxylic acids is 1. The number of carboxylic acids is 1. The molecule has 2 fully saturated rings. The van der Waals surface area contributed by atoms with Crippen LogP contribution in [0, 0.1) is 24.7 Å². The first kappa shape index (κ1) is 12.6. The first-order valence-corrected chi connectivity index (χ1v) is 7.37. The number of hydrogen-bond donors (Lipinski definition) is 2. The van der Waals surface area contributed by atoms with Gasteiger partial charge in [-0.2, -0.15) is 0 Å². The van der Waals surface area contributed by atoms with Gasteiger partial charge in [0.2, 0.25) is 5.91 Å². The summed E-state index contributed by atoms with van der Waals surface area (Å²) in [5, 5.41) is 12.5. The molecule has 0 saturated heterocycles. The summed E-state index contributed by atoms with van der Waals surface area (Å²) in [5.74, 6) is 0.567. The molecule has 2 unspecified atom stereocenters. The molecule has 1 aromatic heterocycles. The van der Waals surface area contributed by atoms with Gasteiger partial charge in [-0.1, -0.05) is 6.42 Å². The number of aryl methyl sites for hydroxylation is 1. The van der Waals surface area contributed by atoms with Crippen molar-refractivity contribution in [2.75, 3.05) is 0 Å². The SMILES string of the molecule is Cc1nc(CNC(=O)C2C3CCCC32)sc1C(=O)O. The van der Waals surface area contributed by atoms with Crippen molar-refractivity contribution in [1.82, 2.24) is 10.3 Å². The van der Waals surface area contributed by atoms with Gasteiger partial charge in [0, 0.05) is 5.92 Å². The number of thiazole rings is 1. The maximum atomic E-state index is 12.0. The van der Waals surface area contributed by atoms with E-state index in [9.17, 15) is 9.59 Å². The number of hydrogen-bond acceptors (Lipinski definition) is 4. The number of carbonyl (C=O) groups excluding carboxylic acids is 1. The summed E-state index contributed by atoms with van der Waals surface area (Å²) < 4.78 is 0. The Labute approximate surface area is 115 Å². The topological polar surface area (TPSA) is 79.3 Å². The second-order valence-corrected chi connectivity index (χ2v) is 6.41. The van der Waals surface area contributed by atoms with E-state index in [2.05, 4.69) is 10.3 Å². The highest BCUT2D eigenvalue weighted by atomic mass is 32.1. The quantitative estimate of drug-likeness (QED) is 0.881. The van der Waals surface area contributed by atoms with Crippen LogP contribution in [0.3, 0.4) is 0 Å². The largest absolute Gasteiger partial charge is 0.477 e. The zero-order chi connectivity index (χ0) is 13.6. The monoisotopic (exact) mass is 280 g/mol. The third-order valence-corrected chi connectivity index (χ3v) is 5.30. The first-order valence-electron chi connectivity index (χ1n) is 6.55.